The number of fused-ring (bicyclic) bond motifs is 2. The molecule has 0 aromatic heterocycles. The lowest BCUT2D eigenvalue weighted by molar-refractivity contribution is -0.0495. The molecule has 3 aliphatic rings. The maximum atomic E-state index is 11.8. The number of aliphatic hydroxyl groups is 1. The van der Waals surface area contributed by atoms with Gasteiger partial charge in [0.25, 0.3) is 0 Å². The van der Waals surface area contributed by atoms with Gasteiger partial charge >= 0.3 is 0 Å². The highest BCUT2D eigenvalue weighted by Crippen LogP contribution is 2.52. The first kappa shape index (κ1) is 15.4. The molecule has 2 fully saturated rings. The maximum absolute atomic E-state index is 11.8. The van der Waals surface area contributed by atoms with Crippen LogP contribution in [0.1, 0.15) is 44.1 Å². The summed E-state index contributed by atoms with van der Waals surface area (Å²) in [5.41, 5.74) is 0.464. The van der Waals surface area contributed by atoms with E-state index in [1.165, 1.54) is 38.8 Å². The fourth-order valence-electron chi connectivity index (χ4n) is 5.11. The fourth-order valence-corrected chi connectivity index (χ4v) is 5.11. The lowest BCUT2D eigenvalue weighted by Crippen LogP contribution is -2.42. The molecule has 2 aliphatic carbocycles. The molecule has 1 aromatic rings. The van der Waals surface area contributed by atoms with Crippen molar-refractivity contribution in [1.82, 2.24) is 4.90 Å². The van der Waals surface area contributed by atoms with Crippen LogP contribution in [-0.2, 0) is 5.60 Å². The predicted octanol–water partition coefficient (Wildman–Crippen LogP) is 3.96. The van der Waals surface area contributed by atoms with Crippen LogP contribution >= 0.6 is 0 Å². The molecule has 124 valence electrons. The molecule has 2 heteroatoms. The highest BCUT2D eigenvalue weighted by molar-refractivity contribution is 5.27. The van der Waals surface area contributed by atoms with E-state index in [9.17, 15) is 5.11 Å². The summed E-state index contributed by atoms with van der Waals surface area (Å²) in [7, 11) is 0. The third kappa shape index (κ3) is 2.99. The van der Waals surface area contributed by atoms with Gasteiger partial charge in [0.2, 0.25) is 0 Å². The summed E-state index contributed by atoms with van der Waals surface area (Å²) in [5, 5.41) is 11.8. The topological polar surface area (TPSA) is 23.5 Å². The van der Waals surface area contributed by atoms with Crippen molar-refractivity contribution in [3.05, 3.63) is 48.0 Å². The van der Waals surface area contributed by atoms with E-state index in [4.69, 9.17) is 0 Å². The molecule has 4 rings (SSSR count). The molecule has 2 bridgehead atoms. The Morgan fingerprint density at radius 1 is 1.00 bits per heavy atom. The molecule has 4 atom stereocenters. The van der Waals surface area contributed by atoms with Crippen molar-refractivity contribution in [1.29, 1.82) is 0 Å². The van der Waals surface area contributed by atoms with E-state index in [2.05, 4.69) is 47.4 Å². The van der Waals surface area contributed by atoms with Gasteiger partial charge in [0.05, 0.1) is 5.60 Å². The molecule has 1 saturated carbocycles. The Hall–Kier alpha value is -1.12. The number of rotatable bonds is 5. The number of allylic oxidation sites excluding steroid dienone is 2. The van der Waals surface area contributed by atoms with Crippen molar-refractivity contribution in [2.24, 2.45) is 17.8 Å². The van der Waals surface area contributed by atoms with E-state index >= 15 is 0 Å². The molecule has 1 unspecified atom stereocenters. The van der Waals surface area contributed by atoms with E-state index in [1.807, 2.05) is 0 Å². The van der Waals surface area contributed by atoms with Gasteiger partial charge in [-0.05, 0) is 68.5 Å². The zero-order chi connectivity index (χ0) is 15.7. The summed E-state index contributed by atoms with van der Waals surface area (Å²) in [5.74, 6) is 1.67. The Balaban J connectivity index is 1.55. The Morgan fingerprint density at radius 3 is 2.43 bits per heavy atom. The van der Waals surface area contributed by atoms with Gasteiger partial charge in [0.1, 0.15) is 0 Å². The maximum Gasteiger partial charge on any atom is 0.0942 e. The fraction of sp³-hybridized carbons (Fsp3) is 0.619. The van der Waals surface area contributed by atoms with Crippen LogP contribution in [0.3, 0.4) is 0 Å². The van der Waals surface area contributed by atoms with Crippen molar-refractivity contribution >= 4 is 0 Å². The lowest BCUT2D eigenvalue weighted by atomic mass is 9.72. The standard InChI is InChI=1S/C21H29NO/c23-21(19-7-3-1-4-8-19,11-14-22-12-5-2-6-13-22)20-16-17-9-10-18(20)15-17/h1,3-4,7-10,17-18,20,23H,2,5-6,11-16H2/t17-,18?,20+,21+/m1/s1. The molecule has 1 N–H and O–H groups in total. The lowest BCUT2D eigenvalue weighted by Gasteiger charge is -2.40. The number of benzene rings is 1. The Bertz CT molecular complexity index is 548. The minimum Gasteiger partial charge on any atom is -0.385 e. The van der Waals surface area contributed by atoms with E-state index in [-0.39, 0.29) is 0 Å². The zero-order valence-electron chi connectivity index (χ0n) is 14.0. The smallest absolute Gasteiger partial charge is 0.0942 e. The molecular formula is C21H29NO. The SMILES string of the molecule is O[C@@](CCN1CCCCC1)(c1ccccc1)[C@H]1C[C@@H]2C=CC1C2. The minimum atomic E-state index is -0.664. The molecule has 0 radical (unpaired) electrons. The summed E-state index contributed by atoms with van der Waals surface area (Å²) >= 11 is 0. The van der Waals surface area contributed by atoms with Crippen LogP contribution in [0.2, 0.25) is 0 Å². The van der Waals surface area contributed by atoms with Crippen molar-refractivity contribution in [3.8, 4) is 0 Å². The zero-order valence-corrected chi connectivity index (χ0v) is 14.0. The molecule has 1 aromatic carbocycles. The van der Waals surface area contributed by atoms with Gasteiger partial charge in [-0.2, -0.15) is 0 Å². The van der Waals surface area contributed by atoms with E-state index in [1.54, 1.807) is 0 Å². The molecule has 1 heterocycles. The van der Waals surface area contributed by atoms with E-state index in [0.717, 1.165) is 24.9 Å². The molecule has 23 heavy (non-hydrogen) atoms. The second kappa shape index (κ2) is 6.41. The van der Waals surface area contributed by atoms with Gasteiger partial charge in [0.15, 0.2) is 0 Å². The van der Waals surface area contributed by atoms with Crippen molar-refractivity contribution in [2.75, 3.05) is 19.6 Å². The van der Waals surface area contributed by atoms with Gasteiger partial charge in [-0.25, -0.2) is 0 Å². The van der Waals surface area contributed by atoms with Crippen LogP contribution < -0.4 is 0 Å². The van der Waals surface area contributed by atoms with Gasteiger partial charge in [-0.1, -0.05) is 48.9 Å². The molecule has 0 amide bonds. The Labute approximate surface area is 140 Å². The molecule has 1 aliphatic heterocycles. The number of hydrogen-bond donors (Lipinski definition) is 1. The predicted molar refractivity (Wildman–Crippen MR) is 94.1 cm³/mol. The van der Waals surface area contributed by atoms with E-state index < -0.39 is 5.60 Å². The molecule has 1 saturated heterocycles. The van der Waals surface area contributed by atoms with Crippen molar-refractivity contribution in [3.63, 3.8) is 0 Å². The average molecular weight is 311 g/mol. The minimum absolute atomic E-state index is 0.393. The third-order valence-electron chi connectivity index (χ3n) is 6.42. The first-order chi connectivity index (χ1) is 11.3. The third-order valence-corrected chi connectivity index (χ3v) is 6.42. The van der Waals surface area contributed by atoms with Crippen LogP contribution in [0.15, 0.2) is 42.5 Å². The second-order valence-electron chi connectivity index (χ2n) is 7.83. The van der Waals surface area contributed by atoms with Gasteiger partial charge < -0.3 is 10.0 Å². The first-order valence-electron chi connectivity index (χ1n) is 9.44. The van der Waals surface area contributed by atoms with Crippen molar-refractivity contribution in [2.45, 2.75) is 44.1 Å². The summed E-state index contributed by atoms with van der Waals surface area (Å²) in [6.07, 6.45) is 12.0. The normalized spacial score (nSPS) is 33.0. The van der Waals surface area contributed by atoms with Crippen molar-refractivity contribution < 1.29 is 5.11 Å². The van der Waals surface area contributed by atoms with Gasteiger partial charge in [-0.3, -0.25) is 0 Å². The van der Waals surface area contributed by atoms with Crippen LogP contribution in [-0.4, -0.2) is 29.6 Å². The van der Waals surface area contributed by atoms with Crippen LogP contribution in [0.25, 0.3) is 0 Å². The highest BCUT2D eigenvalue weighted by Gasteiger charge is 2.48. The molecule has 2 nitrogen and oxygen atoms in total. The number of nitrogens with zero attached hydrogens (tertiary/aromatic N) is 1. The summed E-state index contributed by atoms with van der Waals surface area (Å²) in [4.78, 5) is 2.56. The summed E-state index contributed by atoms with van der Waals surface area (Å²) in [6.45, 7) is 3.45. The summed E-state index contributed by atoms with van der Waals surface area (Å²) in [6, 6.07) is 10.5. The number of hydrogen-bond acceptors (Lipinski definition) is 2. The molecule has 0 spiro atoms. The highest BCUT2D eigenvalue weighted by atomic mass is 16.3. The first-order valence-corrected chi connectivity index (χ1v) is 9.44. The van der Waals surface area contributed by atoms with Gasteiger partial charge in [0, 0.05) is 6.54 Å². The largest absolute Gasteiger partial charge is 0.385 e. The van der Waals surface area contributed by atoms with E-state index in [0.29, 0.717) is 17.8 Å². The number of piperidine rings is 1. The van der Waals surface area contributed by atoms with Gasteiger partial charge in [-0.15, -0.1) is 0 Å². The van der Waals surface area contributed by atoms with Crippen LogP contribution in [0.4, 0.5) is 0 Å². The monoisotopic (exact) mass is 311 g/mol. The Morgan fingerprint density at radius 2 is 1.78 bits per heavy atom. The number of likely N-dealkylation sites (tertiary alicyclic amines) is 1. The molecular weight excluding hydrogens is 282 g/mol. The second-order valence-corrected chi connectivity index (χ2v) is 7.83. The summed E-state index contributed by atoms with van der Waals surface area (Å²) < 4.78 is 0. The van der Waals surface area contributed by atoms with Crippen LogP contribution in [0.5, 0.6) is 0 Å². The van der Waals surface area contributed by atoms with Crippen LogP contribution in [0, 0.1) is 17.8 Å². The Kier molecular flexibility index (Phi) is 4.29. The average Bonchev–Trinajstić information content (AvgIpc) is 3.25. The quantitative estimate of drug-likeness (QED) is 0.832.